The van der Waals surface area contributed by atoms with Crippen molar-refractivity contribution < 1.29 is 4.79 Å². The van der Waals surface area contributed by atoms with Gasteiger partial charge in [-0.1, -0.05) is 42.1 Å². The SMILES string of the molecule is N#CCc1ccc(NC(=O)CSc2ncnc3ccccc23)cc1. The second-order valence-electron chi connectivity index (χ2n) is 5.06. The van der Waals surface area contributed by atoms with E-state index >= 15 is 0 Å². The molecule has 1 N–H and O–H groups in total. The van der Waals surface area contributed by atoms with Crippen LogP contribution in [0.1, 0.15) is 5.56 Å². The fourth-order valence-corrected chi connectivity index (χ4v) is 3.01. The van der Waals surface area contributed by atoms with Gasteiger partial charge in [-0.15, -0.1) is 0 Å². The van der Waals surface area contributed by atoms with Gasteiger partial charge in [0.15, 0.2) is 0 Å². The van der Waals surface area contributed by atoms with Gasteiger partial charge in [0.25, 0.3) is 0 Å². The van der Waals surface area contributed by atoms with Crippen molar-refractivity contribution in [1.29, 1.82) is 5.26 Å². The molecule has 3 aromatic rings. The molecule has 0 saturated heterocycles. The predicted molar refractivity (Wildman–Crippen MR) is 94.7 cm³/mol. The predicted octanol–water partition coefficient (Wildman–Crippen LogP) is 3.43. The zero-order chi connectivity index (χ0) is 16.8. The first kappa shape index (κ1) is 16.0. The number of para-hydroxylation sites is 1. The molecule has 1 heterocycles. The Morgan fingerprint density at radius 3 is 2.71 bits per heavy atom. The molecule has 0 aliphatic carbocycles. The van der Waals surface area contributed by atoms with Crippen LogP contribution in [0.25, 0.3) is 10.9 Å². The van der Waals surface area contributed by atoms with Gasteiger partial charge < -0.3 is 5.32 Å². The van der Waals surface area contributed by atoms with E-state index < -0.39 is 0 Å². The molecule has 2 aromatic carbocycles. The Labute approximate surface area is 143 Å². The van der Waals surface area contributed by atoms with Crippen molar-refractivity contribution >= 4 is 34.3 Å². The number of hydrogen-bond acceptors (Lipinski definition) is 5. The Bertz CT molecular complexity index is 898. The molecule has 0 aliphatic rings. The van der Waals surface area contributed by atoms with Crippen molar-refractivity contribution in [2.75, 3.05) is 11.1 Å². The number of anilines is 1. The van der Waals surface area contributed by atoms with Crippen molar-refractivity contribution in [2.45, 2.75) is 11.4 Å². The summed E-state index contributed by atoms with van der Waals surface area (Å²) in [7, 11) is 0. The second-order valence-corrected chi connectivity index (χ2v) is 6.03. The van der Waals surface area contributed by atoms with Crippen LogP contribution in [0.15, 0.2) is 59.9 Å². The van der Waals surface area contributed by atoms with Crippen LogP contribution >= 0.6 is 11.8 Å². The highest BCUT2D eigenvalue weighted by molar-refractivity contribution is 8.00. The van der Waals surface area contributed by atoms with Crippen LogP contribution in [0.3, 0.4) is 0 Å². The standard InChI is InChI=1S/C18H14N4OS/c19-10-9-13-5-7-14(8-6-13)22-17(23)11-24-18-15-3-1-2-4-16(15)20-12-21-18/h1-8,12H,9,11H2,(H,22,23). The van der Waals surface area contributed by atoms with Gasteiger partial charge in [0, 0.05) is 11.1 Å². The molecule has 24 heavy (non-hydrogen) atoms. The Kier molecular flexibility index (Phi) is 5.04. The fourth-order valence-electron chi connectivity index (χ4n) is 2.22. The van der Waals surface area contributed by atoms with Crippen LogP contribution in [-0.2, 0) is 11.2 Å². The molecule has 0 aliphatic heterocycles. The maximum Gasteiger partial charge on any atom is 0.234 e. The minimum absolute atomic E-state index is 0.101. The van der Waals surface area contributed by atoms with E-state index in [9.17, 15) is 4.79 Å². The Balaban J connectivity index is 1.62. The van der Waals surface area contributed by atoms with E-state index in [2.05, 4.69) is 21.4 Å². The number of carbonyl (C=O) groups excluding carboxylic acids is 1. The van der Waals surface area contributed by atoms with Crippen LogP contribution in [0.2, 0.25) is 0 Å². The number of amides is 1. The number of nitrogens with zero attached hydrogens (tertiary/aromatic N) is 3. The van der Waals surface area contributed by atoms with Gasteiger partial charge in [-0.25, -0.2) is 9.97 Å². The average molecular weight is 334 g/mol. The van der Waals surface area contributed by atoms with Gasteiger partial charge in [0.2, 0.25) is 5.91 Å². The molecule has 0 unspecified atom stereocenters. The third-order valence-corrected chi connectivity index (χ3v) is 4.37. The first-order valence-electron chi connectivity index (χ1n) is 7.34. The van der Waals surface area contributed by atoms with E-state index in [1.807, 2.05) is 36.4 Å². The van der Waals surface area contributed by atoms with Crippen LogP contribution in [0.4, 0.5) is 5.69 Å². The molecule has 0 radical (unpaired) electrons. The molecule has 0 saturated carbocycles. The smallest absolute Gasteiger partial charge is 0.234 e. The molecule has 0 atom stereocenters. The van der Waals surface area contributed by atoms with E-state index in [-0.39, 0.29) is 11.7 Å². The minimum atomic E-state index is -0.101. The topological polar surface area (TPSA) is 78.7 Å². The Morgan fingerprint density at radius 2 is 1.92 bits per heavy atom. The average Bonchev–Trinajstić information content (AvgIpc) is 2.62. The highest BCUT2D eigenvalue weighted by atomic mass is 32.2. The van der Waals surface area contributed by atoms with Gasteiger partial charge >= 0.3 is 0 Å². The number of aromatic nitrogens is 2. The van der Waals surface area contributed by atoms with Gasteiger partial charge in [0.05, 0.1) is 23.8 Å². The molecular weight excluding hydrogens is 320 g/mol. The molecule has 3 rings (SSSR count). The minimum Gasteiger partial charge on any atom is -0.325 e. The lowest BCUT2D eigenvalue weighted by Crippen LogP contribution is -2.14. The molecule has 1 aromatic heterocycles. The maximum atomic E-state index is 12.1. The molecule has 0 bridgehead atoms. The van der Waals surface area contributed by atoms with Gasteiger partial charge in [-0.2, -0.15) is 5.26 Å². The summed E-state index contributed by atoms with van der Waals surface area (Å²) < 4.78 is 0. The third kappa shape index (κ3) is 3.89. The Hall–Kier alpha value is -2.91. The second kappa shape index (κ2) is 7.57. The normalized spacial score (nSPS) is 10.3. The first-order chi connectivity index (χ1) is 11.8. The van der Waals surface area contributed by atoms with Gasteiger partial charge in [0.1, 0.15) is 11.4 Å². The van der Waals surface area contributed by atoms with Crippen LogP contribution in [0, 0.1) is 11.3 Å². The zero-order valence-electron chi connectivity index (χ0n) is 12.8. The molecule has 6 heteroatoms. The van der Waals surface area contributed by atoms with Crippen molar-refractivity contribution in [3.63, 3.8) is 0 Å². The third-order valence-electron chi connectivity index (χ3n) is 3.37. The van der Waals surface area contributed by atoms with Crippen LogP contribution < -0.4 is 5.32 Å². The Morgan fingerprint density at radius 1 is 1.12 bits per heavy atom. The van der Waals surface area contributed by atoms with Crippen LogP contribution in [-0.4, -0.2) is 21.6 Å². The van der Waals surface area contributed by atoms with E-state index in [0.717, 1.165) is 27.2 Å². The lowest BCUT2D eigenvalue weighted by Gasteiger charge is -2.07. The summed E-state index contributed by atoms with van der Waals surface area (Å²) in [4.78, 5) is 20.6. The summed E-state index contributed by atoms with van der Waals surface area (Å²) in [6.45, 7) is 0. The summed E-state index contributed by atoms with van der Waals surface area (Å²) in [6.07, 6.45) is 1.88. The number of benzene rings is 2. The zero-order valence-corrected chi connectivity index (χ0v) is 13.6. The van der Waals surface area contributed by atoms with Crippen LogP contribution in [0.5, 0.6) is 0 Å². The number of hydrogen-bond donors (Lipinski definition) is 1. The molecule has 0 fully saturated rings. The summed E-state index contributed by atoms with van der Waals surface area (Å²) in [5.74, 6) is 0.164. The maximum absolute atomic E-state index is 12.1. The van der Waals surface area contributed by atoms with E-state index in [1.165, 1.54) is 18.1 Å². The quantitative estimate of drug-likeness (QED) is 0.571. The van der Waals surface area contributed by atoms with E-state index in [4.69, 9.17) is 5.26 Å². The number of carbonyl (C=O) groups is 1. The number of nitrogens with one attached hydrogen (secondary N) is 1. The fraction of sp³-hybridized carbons (Fsp3) is 0.111. The lowest BCUT2D eigenvalue weighted by atomic mass is 10.1. The summed E-state index contributed by atoms with van der Waals surface area (Å²) in [5.41, 5.74) is 2.51. The molecule has 1 amide bonds. The lowest BCUT2D eigenvalue weighted by molar-refractivity contribution is -0.113. The van der Waals surface area contributed by atoms with E-state index in [1.54, 1.807) is 12.1 Å². The number of thioether (sulfide) groups is 1. The van der Waals surface area contributed by atoms with Gasteiger partial charge in [-0.3, -0.25) is 4.79 Å². The highest BCUT2D eigenvalue weighted by Crippen LogP contribution is 2.24. The summed E-state index contributed by atoms with van der Waals surface area (Å²) in [5, 5.41) is 13.2. The number of fused-ring (bicyclic) bond motifs is 1. The summed E-state index contributed by atoms with van der Waals surface area (Å²) in [6, 6.07) is 17.1. The number of nitriles is 1. The molecule has 0 spiro atoms. The van der Waals surface area contributed by atoms with Crippen molar-refractivity contribution in [3.05, 3.63) is 60.4 Å². The summed E-state index contributed by atoms with van der Waals surface area (Å²) >= 11 is 1.38. The number of rotatable bonds is 5. The highest BCUT2D eigenvalue weighted by Gasteiger charge is 2.08. The first-order valence-corrected chi connectivity index (χ1v) is 8.33. The van der Waals surface area contributed by atoms with Crippen molar-refractivity contribution in [3.8, 4) is 6.07 Å². The van der Waals surface area contributed by atoms with Gasteiger partial charge in [-0.05, 0) is 23.8 Å². The molecular formula is C18H14N4OS. The molecule has 118 valence electrons. The largest absolute Gasteiger partial charge is 0.325 e. The van der Waals surface area contributed by atoms with Crippen molar-refractivity contribution in [1.82, 2.24) is 9.97 Å². The van der Waals surface area contributed by atoms with E-state index in [0.29, 0.717) is 6.42 Å². The molecule has 5 nitrogen and oxygen atoms in total. The van der Waals surface area contributed by atoms with Crippen molar-refractivity contribution in [2.24, 2.45) is 0 Å². The monoisotopic (exact) mass is 334 g/mol.